The van der Waals surface area contributed by atoms with Crippen molar-refractivity contribution >= 4 is 21.5 Å². The Labute approximate surface area is 531 Å². The minimum atomic E-state index is -4.89. The molecule has 12 rings (SSSR count). The number of benzene rings is 6. The van der Waals surface area contributed by atoms with E-state index in [-0.39, 0.29) is 86.5 Å². The van der Waals surface area contributed by atoms with E-state index in [0.29, 0.717) is 0 Å². The molecule has 0 saturated heterocycles. The molecule has 454 valence electrons. The van der Waals surface area contributed by atoms with E-state index in [0.717, 1.165) is 45.0 Å². The Morgan fingerprint density at radius 1 is 0.337 bits per heavy atom. The Morgan fingerprint density at radius 2 is 0.663 bits per heavy atom. The first-order valence-corrected chi connectivity index (χ1v) is 23.6. The monoisotopic (exact) mass is 1640 g/mol. The van der Waals surface area contributed by atoms with E-state index >= 15 is 0 Å². The van der Waals surface area contributed by atoms with E-state index in [9.17, 15) is 52.7 Å². The summed E-state index contributed by atoms with van der Waals surface area (Å²) in [5.41, 5.74) is 1.20. The number of aromatic nitrogens is 10. The molecule has 6 aromatic heterocycles. The van der Waals surface area contributed by atoms with Crippen molar-refractivity contribution in [3.8, 4) is 45.0 Å². The van der Waals surface area contributed by atoms with Gasteiger partial charge in [0.25, 0.3) is 0 Å². The van der Waals surface area contributed by atoms with Gasteiger partial charge in [0, 0.05) is 101 Å². The normalized spacial score (nSPS) is 10.7. The molecule has 0 amide bonds. The molecule has 0 unspecified atom stereocenters. The number of hydrogen-bond donors (Lipinski definition) is 0. The zero-order valence-corrected chi connectivity index (χ0v) is 49.7. The van der Waals surface area contributed by atoms with Gasteiger partial charge in [-0.2, -0.15) is 52.7 Å². The average molecular weight is 1640 g/mol. The van der Waals surface area contributed by atoms with Crippen LogP contribution in [0.15, 0.2) is 219 Å². The molecule has 0 bridgehead atoms. The third kappa shape index (κ3) is 21.9. The van der Waals surface area contributed by atoms with E-state index in [1.807, 2.05) is 146 Å². The molecule has 26 heteroatoms. The number of pyridine rings is 2. The van der Waals surface area contributed by atoms with E-state index < -0.39 is 47.5 Å². The molecule has 0 aliphatic carbocycles. The summed E-state index contributed by atoms with van der Waals surface area (Å²) >= 11 is 0. The maximum Gasteiger partial charge on any atom is 1.00 e. The van der Waals surface area contributed by atoms with Crippen molar-refractivity contribution in [3.63, 3.8) is 0 Å². The molecule has 2 radical (unpaired) electrons. The molecule has 0 aliphatic heterocycles. The van der Waals surface area contributed by atoms with Crippen LogP contribution >= 0.6 is 0 Å². The number of fused-ring (bicyclic) bond motifs is 2. The molecule has 0 saturated carbocycles. The van der Waals surface area contributed by atoms with Gasteiger partial charge in [-0.1, -0.05) is 48.5 Å². The third-order valence-electron chi connectivity index (χ3n) is 10.6. The summed E-state index contributed by atoms with van der Waals surface area (Å²) in [6.45, 7) is 0. The number of alkyl halides is 12. The zero-order chi connectivity index (χ0) is 58.6. The van der Waals surface area contributed by atoms with Gasteiger partial charge >= 0.3 is 58.8 Å². The van der Waals surface area contributed by atoms with Crippen LogP contribution < -0.4 is 10.2 Å². The van der Waals surface area contributed by atoms with Crippen molar-refractivity contribution in [1.29, 1.82) is 0 Å². The minimum Gasteiger partial charge on any atom is -0.571 e. The molecule has 0 spiro atoms. The van der Waals surface area contributed by atoms with Crippen LogP contribution in [0.4, 0.5) is 52.7 Å². The summed E-state index contributed by atoms with van der Waals surface area (Å²) in [5.74, 6) is 0. The zero-order valence-electron chi connectivity index (χ0n) is 43.1. The molecule has 12 aromatic rings. The smallest absolute Gasteiger partial charge is 0.571 e. The maximum absolute atomic E-state index is 11.7. The second kappa shape index (κ2) is 34.4. The van der Waals surface area contributed by atoms with Gasteiger partial charge < -0.3 is 40.3 Å². The van der Waals surface area contributed by atoms with Crippen LogP contribution in [0, 0.1) is 24.3 Å². The fourth-order valence-electron chi connectivity index (χ4n) is 6.88. The van der Waals surface area contributed by atoms with Gasteiger partial charge in [0.15, 0.2) is 0 Å². The molecule has 10 nitrogen and oxygen atoms in total. The molecule has 0 N–H and O–H groups in total. The summed E-state index contributed by atoms with van der Waals surface area (Å²) in [4.78, 5) is 25.2. The molecule has 6 aromatic carbocycles. The van der Waals surface area contributed by atoms with Crippen LogP contribution in [0.1, 0.15) is 22.8 Å². The van der Waals surface area contributed by atoms with Crippen LogP contribution in [0.25, 0.3) is 66.6 Å². The summed E-state index contributed by atoms with van der Waals surface area (Å²) in [5, 5.41) is 14.2. The number of rotatable bonds is 4. The predicted molar refractivity (Wildman–Crippen MR) is 280 cm³/mol. The molecule has 0 atom stereocenters. The first-order valence-electron chi connectivity index (χ1n) is 23.6. The van der Waals surface area contributed by atoms with Crippen molar-refractivity contribution in [1.82, 2.24) is 50.3 Å². The molecule has 0 fully saturated rings. The van der Waals surface area contributed by atoms with Gasteiger partial charge in [-0.05, 0) is 68.6 Å². The fraction of sp³-hybridized carbons (Fsp3) is 0.0667. The standard InChI is InChI=1S/2C15H10N.2C10H7N2.2C5HF6N2.2Cu.2Ir/c2*1-2-7-13(8-3-1)15-14-9-5-4-6-12(14)10-11-16-15;2*1-2-4-9(5-3-1)10-8-11-6-7-12-10;2*6-4(7,8)2-1-3(13-12-2)5(9,10)11;;;;/h2*1-7,9-11H;2*1-4,6-8H;2*1H;;;;/q6*-1;2*+1;;. The van der Waals surface area contributed by atoms with Crippen LogP contribution in [0.2, 0.25) is 0 Å². The summed E-state index contributed by atoms with van der Waals surface area (Å²) in [7, 11) is 0. The fourth-order valence-corrected chi connectivity index (χ4v) is 6.88. The van der Waals surface area contributed by atoms with Gasteiger partial charge in [-0.25, -0.2) is 0 Å². The second-order valence-electron chi connectivity index (χ2n) is 16.3. The van der Waals surface area contributed by atoms with Gasteiger partial charge in [-0.3, -0.25) is 9.97 Å². The van der Waals surface area contributed by atoms with E-state index in [4.69, 9.17) is 0 Å². The van der Waals surface area contributed by atoms with Crippen molar-refractivity contribution < 1.29 is 127 Å². The molecule has 86 heavy (non-hydrogen) atoms. The van der Waals surface area contributed by atoms with Crippen molar-refractivity contribution in [3.05, 3.63) is 266 Å². The quantitative estimate of drug-likeness (QED) is 0.0953. The number of nitrogens with zero attached hydrogens (tertiary/aromatic N) is 10. The summed E-state index contributed by atoms with van der Waals surface area (Å²) in [6.07, 6.45) is -5.75. The Bertz CT molecular complexity index is 3440. The largest absolute Gasteiger partial charge is 1.00 e. The maximum atomic E-state index is 11.7. The first-order chi connectivity index (χ1) is 39.3. The van der Waals surface area contributed by atoms with Crippen LogP contribution in [0.3, 0.4) is 0 Å². The first kappa shape index (κ1) is 72.5. The van der Waals surface area contributed by atoms with Crippen molar-refractivity contribution in [2.45, 2.75) is 24.7 Å². The molecule has 0 aliphatic rings. The third-order valence-corrected chi connectivity index (χ3v) is 10.6. The molecule has 6 heterocycles. The van der Waals surface area contributed by atoms with Gasteiger partial charge in [-0.15, -0.1) is 144 Å². The molecular formula is C60H36Cu2F12Ir2N10-4. The van der Waals surface area contributed by atoms with Gasteiger partial charge in [0.2, 0.25) is 0 Å². The summed E-state index contributed by atoms with van der Waals surface area (Å²) in [6, 6.07) is 64.2. The van der Waals surface area contributed by atoms with Crippen molar-refractivity contribution in [2.24, 2.45) is 0 Å². The van der Waals surface area contributed by atoms with E-state index in [2.05, 4.69) is 98.8 Å². The SMILES string of the molecule is FC(F)(F)c1cc(C(F)(F)F)[n-]n1.FC(F)(F)c1cc(C(F)(F)F)[n-]n1.[Cu+].[Cu+].[Ir].[Ir].[c-]1ccccc1-c1cnccn1.[c-]1ccccc1-c1cnccn1.[c-]1ccccc1-c1nccc2ccccc12.[c-]1ccccc1-c1nccc2ccccc12. The van der Waals surface area contributed by atoms with Gasteiger partial charge in [0.05, 0.1) is 0 Å². The topological polar surface area (TPSA) is 131 Å². The number of hydrogen-bond acceptors (Lipinski definition) is 8. The average Bonchev–Trinajstić information content (AvgIpc) is 4.29. The Hall–Kier alpha value is -7.78. The van der Waals surface area contributed by atoms with E-state index in [1.165, 1.54) is 21.5 Å². The van der Waals surface area contributed by atoms with E-state index in [1.54, 1.807) is 37.2 Å². The van der Waals surface area contributed by atoms with Crippen LogP contribution in [-0.2, 0) is 99.1 Å². The van der Waals surface area contributed by atoms with Crippen LogP contribution in [-0.4, -0.2) is 40.1 Å². The number of halogens is 12. The van der Waals surface area contributed by atoms with Crippen LogP contribution in [0.5, 0.6) is 0 Å². The Balaban J connectivity index is 0.000000269. The van der Waals surface area contributed by atoms with Crippen molar-refractivity contribution in [2.75, 3.05) is 0 Å². The Morgan fingerprint density at radius 3 is 0.930 bits per heavy atom. The summed E-state index contributed by atoms with van der Waals surface area (Å²) < 4.78 is 141. The molecular weight excluding hydrogens is 1600 g/mol. The minimum absolute atomic E-state index is 0. The second-order valence-corrected chi connectivity index (χ2v) is 16.3. The van der Waals surface area contributed by atoms with Gasteiger partial charge in [0.1, 0.15) is 11.4 Å². The predicted octanol–water partition coefficient (Wildman–Crippen LogP) is 15.4. The Kier molecular flexibility index (Phi) is 29.0.